The Bertz CT molecular complexity index is 4330. The van der Waals surface area contributed by atoms with Crippen LogP contribution >= 0.6 is 15.9 Å². The van der Waals surface area contributed by atoms with Crippen LogP contribution in [0.25, 0.3) is 108 Å². The molecule has 386 valence electrons. The van der Waals surface area contributed by atoms with Gasteiger partial charge in [-0.1, -0.05) is 194 Å². The zero-order chi connectivity index (χ0) is 54.7. The van der Waals surface area contributed by atoms with E-state index >= 15 is 0 Å². The molecular formula is C74H59BrO4. The van der Waals surface area contributed by atoms with Crippen molar-refractivity contribution >= 4 is 102 Å². The third-order valence-corrected chi connectivity index (χ3v) is 16.4. The number of halogens is 1. The molecule has 0 amide bonds. The molecule has 2 N–H and O–H groups in total. The summed E-state index contributed by atoms with van der Waals surface area (Å²) >= 11 is 3.72. The van der Waals surface area contributed by atoms with Crippen molar-refractivity contribution in [1.29, 1.82) is 0 Å². The van der Waals surface area contributed by atoms with Gasteiger partial charge in [-0.3, -0.25) is 0 Å². The molecule has 0 unspecified atom stereocenters. The lowest BCUT2D eigenvalue weighted by molar-refractivity contribution is 0.395. The fourth-order valence-corrected chi connectivity index (χ4v) is 12.2. The summed E-state index contributed by atoms with van der Waals surface area (Å²) in [6.45, 7) is 8.71. The molecule has 5 heteroatoms. The Morgan fingerprint density at radius 1 is 0.304 bits per heavy atom. The molecule has 0 radical (unpaired) electrons. The van der Waals surface area contributed by atoms with Crippen LogP contribution in [0.15, 0.2) is 241 Å². The number of aryl methyl sites for hydroxylation is 4. The minimum atomic E-state index is 0.0620. The lowest BCUT2D eigenvalue weighted by atomic mass is 9.88. The van der Waals surface area contributed by atoms with E-state index in [1.165, 1.54) is 114 Å². The average molecular weight is 1090 g/mol. The van der Waals surface area contributed by atoms with Crippen LogP contribution in [0.4, 0.5) is 0 Å². The van der Waals surface area contributed by atoms with Gasteiger partial charge in [0.1, 0.15) is 23.0 Å². The fourth-order valence-electron chi connectivity index (χ4n) is 11.5. The molecule has 0 heterocycles. The van der Waals surface area contributed by atoms with Gasteiger partial charge in [0.15, 0.2) is 0 Å². The summed E-state index contributed by atoms with van der Waals surface area (Å²) in [5.41, 5.74) is 9.29. The Hall–Kier alpha value is -9.16. The summed E-state index contributed by atoms with van der Waals surface area (Å²) in [6, 6.07) is 80.8. The highest BCUT2D eigenvalue weighted by Gasteiger charge is 2.18. The maximum absolute atomic E-state index is 10.4. The molecule has 4 nitrogen and oxygen atoms in total. The summed E-state index contributed by atoms with van der Waals surface area (Å²) in [5.74, 6) is 1.76. The number of hydrogen-bond donors (Lipinski definition) is 2. The molecule has 0 bridgehead atoms. The van der Waals surface area contributed by atoms with Crippen molar-refractivity contribution < 1.29 is 19.7 Å². The van der Waals surface area contributed by atoms with E-state index in [1.807, 2.05) is 36.4 Å². The molecule has 0 fully saturated rings. The van der Waals surface area contributed by atoms with Crippen molar-refractivity contribution in [1.82, 2.24) is 0 Å². The molecule has 0 aliphatic heterocycles. The summed E-state index contributed by atoms with van der Waals surface area (Å²) in [7, 11) is 3.38. The second-order valence-corrected chi connectivity index (χ2v) is 20.7. The largest absolute Gasteiger partial charge is 0.508 e. The SMILES string of the molecule is COc1ccc(-c2c3ccccc3c(C)c3ccccc23)c(OC)c1.Cc1c2ccccc2c(-c2ccc(O)cc2O)c2ccccc12.Cc1c2ccccc2c(Br)c2ccccc12.Cc1c2ccccc2cc2ccccc12. The average Bonchev–Trinajstić information content (AvgIpc) is 3.67. The summed E-state index contributed by atoms with van der Waals surface area (Å²) < 4.78 is 12.3. The van der Waals surface area contributed by atoms with Gasteiger partial charge in [-0.05, 0) is 182 Å². The van der Waals surface area contributed by atoms with Crippen molar-refractivity contribution in [2.45, 2.75) is 27.7 Å². The first kappa shape index (κ1) is 51.9. The number of rotatable bonds is 4. The lowest BCUT2D eigenvalue weighted by Crippen LogP contribution is -1.93. The van der Waals surface area contributed by atoms with Crippen molar-refractivity contribution in [3.63, 3.8) is 0 Å². The Kier molecular flexibility index (Phi) is 14.7. The highest BCUT2D eigenvalue weighted by atomic mass is 79.9. The highest BCUT2D eigenvalue weighted by Crippen LogP contribution is 2.45. The molecule has 14 aromatic rings. The molecule has 0 aliphatic carbocycles. The van der Waals surface area contributed by atoms with Crippen molar-refractivity contribution in [3.8, 4) is 45.3 Å². The number of ether oxygens (including phenoxy) is 2. The number of methoxy groups -OCH3 is 2. The maximum Gasteiger partial charge on any atom is 0.130 e. The van der Waals surface area contributed by atoms with Crippen LogP contribution < -0.4 is 9.47 Å². The van der Waals surface area contributed by atoms with E-state index in [0.717, 1.165) is 39.0 Å². The van der Waals surface area contributed by atoms with Gasteiger partial charge in [0.25, 0.3) is 0 Å². The van der Waals surface area contributed by atoms with Crippen LogP contribution in [0, 0.1) is 27.7 Å². The van der Waals surface area contributed by atoms with Gasteiger partial charge >= 0.3 is 0 Å². The van der Waals surface area contributed by atoms with E-state index in [9.17, 15) is 10.2 Å². The van der Waals surface area contributed by atoms with Crippen LogP contribution in [0.2, 0.25) is 0 Å². The molecule has 14 aromatic carbocycles. The smallest absolute Gasteiger partial charge is 0.130 e. The molecule has 0 aliphatic rings. The maximum atomic E-state index is 10.4. The van der Waals surface area contributed by atoms with Crippen LogP contribution in [0.3, 0.4) is 0 Å². The predicted octanol–water partition coefficient (Wildman–Crippen LogP) is 20.7. The topological polar surface area (TPSA) is 58.9 Å². The van der Waals surface area contributed by atoms with Crippen molar-refractivity contribution in [2.24, 2.45) is 0 Å². The van der Waals surface area contributed by atoms with Gasteiger partial charge in [0, 0.05) is 38.9 Å². The predicted molar refractivity (Wildman–Crippen MR) is 340 cm³/mol. The lowest BCUT2D eigenvalue weighted by Gasteiger charge is -2.17. The standard InChI is InChI=1S/C23H20O2.C21H16O2.C15H11Br.C15H12/c1-15-17-8-4-6-10-19(17)23(20-11-7-5-9-18(15)20)21-13-12-16(24-2)14-22(21)25-3;1-13-15-6-2-4-8-17(15)21(18-9-5-3-7-16(13)18)19-11-10-14(22)12-20(19)23;1-10-11-6-2-4-8-13(11)15(16)14-9-5-3-7-12(10)14;1-11-14-8-4-2-6-12(14)10-13-7-3-5-9-15(11)13/h4-14H,1-3H3;2-12,22-23H,1H3;2-9H,1H3;2-10H,1H3. The minimum absolute atomic E-state index is 0.0620. The van der Waals surface area contributed by atoms with Crippen LogP contribution in [0.5, 0.6) is 23.0 Å². The Morgan fingerprint density at radius 3 is 1.00 bits per heavy atom. The fraction of sp³-hybridized carbons (Fsp3) is 0.0811. The number of aromatic hydroxyl groups is 2. The number of hydrogen-bond acceptors (Lipinski definition) is 4. The van der Waals surface area contributed by atoms with E-state index in [2.05, 4.69) is 226 Å². The van der Waals surface area contributed by atoms with Gasteiger partial charge < -0.3 is 19.7 Å². The first-order chi connectivity index (χ1) is 38.6. The van der Waals surface area contributed by atoms with E-state index < -0.39 is 0 Å². The second-order valence-electron chi connectivity index (χ2n) is 19.9. The minimum Gasteiger partial charge on any atom is -0.508 e. The van der Waals surface area contributed by atoms with Gasteiger partial charge in [0.05, 0.1) is 14.2 Å². The summed E-state index contributed by atoms with van der Waals surface area (Å²) in [4.78, 5) is 0. The molecule has 14 rings (SSSR count). The molecule has 0 aromatic heterocycles. The first-order valence-corrected chi connectivity index (χ1v) is 27.3. The Balaban J connectivity index is 0.000000114. The molecular weight excluding hydrogens is 1030 g/mol. The quantitative estimate of drug-likeness (QED) is 0.172. The van der Waals surface area contributed by atoms with Gasteiger partial charge in [-0.2, -0.15) is 0 Å². The van der Waals surface area contributed by atoms with Crippen molar-refractivity contribution in [3.05, 3.63) is 263 Å². The number of phenolic OH excluding ortho intramolecular Hbond substituents is 2. The van der Waals surface area contributed by atoms with E-state index in [0.29, 0.717) is 0 Å². The molecule has 0 atom stereocenters. The third kappa shape index (κ3) is 9.83. The Morgan fingerprint density at radius 2 is 0.620 bits per heavy atom. The Labute approximate surface area is 469 Å². The molecule has 0 saturated heterocycles. The normalized spacial score (nSPS) is 11.1. The second kappa shape index (κ2) is 22.4. The number of fused-ring (bicyclic) bond motifs is 8. The van der Waals surface area contributed by atoms with E-state index in [1.54, 1.807) is 26.4 Å². The van der Waals surface area contributed by atoms with Crippen molar-refractivity contribution in [2.75, 3.05) is 14.2 Å². The van der Waals surface area contributed by atoms with Crippen LogP contribution in [-0.2, 0) is 0 Å². The van der Waals surface area contributed by atoms with Crippen LogP contribution in [-0.4, -0.2) is 24.4 Å². The monoisotopic (exact) mass is 1090 g/mol. The van der Waals surface area contributed by atoms with Gasteiger partial charge in [0.2, 0.25) is 0 Å². The molecule has 0 saturated carbocycles. The van der Waals surface area contributed by atoms with E-state index in [4.69, 9.17) is 9.47 Å². The number of phenols is 2. The summed E-state index contributed by atoms with van der Waals surface area (Å²) in [6.07, 6.45) is 0. The van der Waals surface area contributed by atoms with Gasteiger partial charge in [-0.15, -0.1) is 0 Å². The van der Waals surface area contributed by atoms with Gasteiger partial charge in [-0.25, -0.2) is 0 Å². The van der Waals surface area contributed by atoms with Crippen LogP contribution in [0.1, 0.15) is 22.3 Å². The third-order valence-electron chi connectivity index (χ3n) is 15.5. The first-order valence-electron chi connectivity index (χ1n) is 26.5. The highest BCUT2D eigenvalue weighted by molar-refractivity contribution is 9.10. The molecule has 0 spiro atoms. The summed E-state index contributed by atoms with van der Waals surface area (Å²) in [5, 5.41) is 40.1. The van der Waals surface area contributed by atoms with E-state index in [-0.39, 0.29) is 11.5 Å². The zero-order valence-electron chi connectivity index (χ0n) is 45.1. The molecule has 79 heavy (non-hydrogen) atoms. The number of benzene rings is 14. The zero-order valence-corrected chi connectivity index (χ0v) is 46.7.